The molecule has 0 radical (unpaired) electrons. The van der Waals surface area contributed by atoms with Crippen LogP contribution in [0.3, 0.4) is 0 Å². The van der Waals surface area contributed by atoms with E-state index in [-0.39, 0.29) is 128 Å². The van der Waals surface area contributed by atoms with Gasteiger partial charge in [0, 0.05) is 76.7 Å². The Labute approximate surface area is 943 Å². The Bertz CT molecular complexity index is 9130. The Hall–Kier alpha value is -11.5. The molecule has 14 aromatic heterocycles. The molecular weight excluding hydrogens is 2000 g/mol. The topological polar surface area (TPSA) is 155 Å². The van der Waals surface area contributed by atoms with E-state index in [1.807, 2.05) is 151 Å². The van der Waals surface area contributed by atoms with E-state index in [0.717, 1.165) is 117 Å². The van der Waals surface area contributed by atoms with Crippen LogP contribution in [0.4, 0.5) is 0 Å². The first-order chi connectivity index (χ1) is 67.3. The molecule has 0 aliphatic heterocycles. The molecule has 0 bridgehead atoms. The number of aryl methyl sites for hydroxylation is 10. The standard InChI is InChI=1S/C29H21N2.C25H21N2.C23H25N2.C15H10N3.C14H9N4.C14H8N3.2ClH.HI.3Li.2Mg.Zn/c1-19-16-22(21-10-4-3-5-11-21)17-20(2)28(19)27-18-30-29-25-14-7-6-12-23(25)24-13-8-9-15-26(24)31(27)29;1-15-9-10-22-21(13-15)19-7-5-6-8-20(19)25-26-14-23(27(22)25)24-17(3)11-16(2)12-18(24)4;1-13(2)21-22(14(3)4)25-20-12-16(6)15(5)11-19(20)17-9-7-8-10-18(17)23(25)24-21;1-10-16-15-13-8-3-2-6-11(13)12-7-4-5-9-14(12)18(15)17-10;1-9-16-14-12-5-3-2-4-10(12)11-6-7-15-8-13(11)18(14)17-9;1-2-4-12-10(3-1)11-5-6-15-9-13(11)17-8-7-16-14(12)17;;;;;;;;;/h3-13,15-18H,1-2H3;5-7,9-14H,1-4H3;7-9,11-14H,1-6H3;2-7,9H,1H3;2-4,6-8H,1H3;1-3,5-9H;3*1H;;;;;;/q6*-1;;;;3*+1;3*+2/p-3. The fourth-order valence-electron chi connectivity index (χ4n) is 20.4. The number of nitrogens with zero attached hydrogens (tertiary/aromatic N) is 16. The molecule has 0 atom stereocenters. The van der Waals surface area contributed by atoms with E-state index < -0.39 is 0 Å². The molecule has 16 nitrogen and oxygen atoms in total. The van der Waals surface area contributed by atoms with Gasteiger partial charge in [-0.05, 0) is 194 Å². The second-order valence-corrected chi connectivity index (χ2v) is 36.0. The van der Waals surface area contributed by atoms with Crippen molar-refractivity contribution in [1.29, 1.82) is 0 Å². The summed E-state index contributed by atoms with van der Waals surface area (Å²) in [5.41, 5.74) is 32.4. The number of para-hydroxylation sites is 2. The minimum atomic E-state index is 0. The minimum absolute atomic E-state index is 0. The van der Waals surface area contributed by atoms with Crippen LogP contribution in [0.5, 0.6) is 0 Å². The molecule has 0 saturated carbocycles. The molecule has 14 heterocycles. The average Bonchev–Trinajstić information content (AvgIpc) is 1.60. The zero-order chi connectivity index (χ0) is 95.0. The van der Waals surface area contributed by atoms with Crippen LogP contribution in [0, 0.1) is 106 Å². The second kappa shape index (κ2) is 46.3. The Balaban J connectivity index is 0.000000138. The van der Waals surface area contributed by atoms with E-state index in [0.29, 0.717) is 11.8 Å². The monoisotopic (exact) mass is 2090 g/mol. The van der Waals surface area contributed by atoms with Gasteiger partial charge < -0.3 is 42.4 Å². The van der Waals surface area contributed by atoms with Crippen molar-refractivity contribution >= 4 is 230 Å². The summed E-state index contributed by atoms with van der Waals surface area (Å²) in [5.74, 6) is 2.35. The van der Waals surface area contributed by atoms with E-state index >= 15 is 0 Å². The summed E-state index contributed by atoms with van der Waals surface area (Å²) < 4.78 is 12.8. The number of hydrogen-bond acceptors (Lipinski definition) is 10. The first-order valence-corrected chi connectivity index (χ1v) is 55.4. The number of benzene rings is 13. The number of fused-ring (bicyclic) bond motifs is 36. The van der Waals surface area contributed by atoms with Gasteiger partial charge >= 0.3 is 137 Å². The third-order valence-corrected chi connectivity index (χ3v) is 26.3. The third-order valence-electron chi connectivity index (χ3n) is 26.3. The van der Waals surface area contributed by atoms with Gasteiger partial charge in [0.15, 0.2) is 0 Å². The quantitative estimate of drug-likeness (QED) is 0.0703. The largest absolute Gasteiger partial charge is 0.339 e. The van der Waals surface area contributed by atoms with Gasteiger partial charge in [0.25, 0.3) is 0 Å². The van der Waals surface area contributed by atoms with Crippen LogP contribution < -0.4 is 81.4 Å². The first kappa shape index (κ1) is 109. The van der Waals surface area contributed by atoms with Crippen LogP contribution in [0.25, 0.3) is 198 Å². The van der Waals surface area contributed by atoms with E-state index in [9.17, 15) is 0 Å². The summed E-state index contributed by atoms with van der Waals surface area (Å²) in [6.07, 6.45) is 15.1. The molecule has 0 fully saturated rings. The van der Waals surface area contributed by atoms with Crippen molar-refractivity contribution in [2.75, 3.05) is 0 Å². The van der Waals surface area contributed by atoms with Gasteiger partial charge in [-0.1, -0.05) is 191 Å². The maximum absolute atomic E-state index is 5.10. The van der Waals surface area contributed by atoms with Gasteiger partial charge in [0.05, 0.1) is 73.7 Å². The van der Waals surface area contributed by atoms with Gasteiger partial charge in [-0.2, -0.15) is 10.2 Å². The molecule has 27 rings (SSSR count). The molecule has 0 spiro atoms. The average molecular weight is 2090 g/mol. The number of halogens is 3. The number of aromatic nitrogens is 16. The van der Waals surface area contributed by atoms with Crippen molar-refractivity contribution in [3.05, 3.63) is 408 Å². The van der Waals surface area contributed by atoms with Crippen LogP contribution in [-0.2, 0) is 14.8 Å². The molecule has 0 amide bonds. The Morgan fingerprint density at radius 3 is 1.19 bits per heavy atom. The molecule has 0 N–H and O–H groups in total. The fourth-order valence-corrected chi connectivity index (χ4v) is 20.4. The van der Waals surface area contributed by atoms with Gasteiger partial charge in [-0.3, -0.25) is 48.9 Å². The summed E-state index contributed by atoms with van der Waals surface area (Å²) in [7, 11) is 0. The third kappa shape index (κ3) is 20.1. The Kier molecular flexibility index (Phi) is 34.9. The SMILES string of the molecule is Cc1cc(-c2ccccc2)cc(C)c1-c1cnc2c3[c-]cccc3c3ccccc3n12.Cc1cc(C)c(-c2cnc3c4[c-]cccc4c4cc(C)ccc4n23)c(C)c1.Cc1cc2c3ccc[c-]c3c3nc(C(C)C)c(C(C)C)n3c2cc1C.Cc1nc2c3[c-]cccc3c3ccccc3n2n1.Cc1nc2c3[c-]cccc3c3ccncc3n2n1.[Cl-].[Cl-].[Li+].[Li+].[Li+].[Mg+2].[Mg+2].[Zn+][I].[c-]1cccc2c1c1nccn1c1cnccc21. The van der Waals surface area contributed by atoms with Crippen molar-refractivity contribution in [2.45, 2.75) is 109 Å². The van der Waals surface area contributed by atoms with Gasteiger partial charge in [0.1, 0.15) is 11.6 Å². The minimum Gasteiger partial charge on any atom is -0.339 e. The smallest absolute Gasteiger partial charge is 0.0609 e. The van der Waals surface area contributed by atoms with Crippen LogP contribution in [0.1, 0.15) is 107 Å². The number of hydrogen-bond donors (Lipinski definition) is 0. The van der Waals surface area contributed by atoms with Crippen molar-refractivity contribution < 1.29 is 96.2 Å². The maximum Gasteiger partial charge on any atom is 0.0609 e. The van der Waals surface area contributed by atoms with Crippen LogP contribution >= 0.6 is 19.8 Å². The fraction of sp³-hybridized carbons (Fsp3) is 0.133. The normalized spacial score (nSPS) is 11.1. The number of imidazole rings is 4. The van der Waals surface area contributed by atoms with E-state index in [4.69, 9.17) is 15.0 Å². The van der Waals surface area contributed by atoms with Crippen molar-refractivity contribution in [1.82, 2.24) is 76.7 Å². The molecule has 0 unspecified atom stereocenters. The van der Waals surface area contributed by atoms with E-state index in [1.165, 1.54) is 163 Å². The van der Waals surface area contributed by atoms with Crippen LogP contribution in [-0.4, -0.2) is 123 Å². The summed E-state index contributed by atoms with van der Waals surface area (Å²) >= 11 is 3.62. The summed E-state index contributed by atoms with van der Waals surface area (Å²) in [6.45, 7) is 30.3. The predicted octanol–water partition coefficient (Wildman–Crippen LogP) is 13.7. The summed E-state index contributed by atoms with van der Waals surface area (Å²) in [6, 6.07) is 109. The van der Waals surface area contributed by atoms with E-state index in [1.54, 1.807) is 6.20 Å². The molecule has 25 heteroatoms. The maximum atomic E-state index is 5.10. The zero-order valence-corrected chi connectivity index (χ0v) is 93.9. The number of pyridine rings is 8. The van der Waals surface area contributed by atoms with Crippen molar-refractivity contribution in [2.24, 2.45) is 0 Å². The summed E-state index contributed by atoms with van der Waals surface area (Å²) in [5, 5.41) is 29.6. The first-order valence-electron chi connectivity index (χ1n) is 46.4. The molecule has 0 aliphatic carbocycles. The van der Waals surface area contributed by atoms with Crippen molar-refractivity contribution in [3.8, 4) is 33.6 Å². The zero-order valence-electron chi connectivity index (χ0n) is 84.4. The molecule has 145 heavy (non-hydrogen) atoms. The van der Waals surface area contributed by atoms with Gasteiger partial charge in [0.2, 0.25) is 0 Å². The Morgan fingerprint density at radius 2 is 0.690 bits per heavy atom. The number of rotatable bonds is 5. The van der Waals surface area contributed by atoms with Crippen molar-refractivity contribution in [3.63, 3.8) is 0 Å². The van der Waals surface area contributed by atoms with E-state index in [2.05, 4.69) is 362 Å². The summed E-state index contributed by atoms with van der Waals surface area (Å²) in [4.78, 5) is 36.6. The van der Waals surface area contributed by atoms with Crippen LogP contribution in [0.2, 0.25) is 0 Å². The molecule has 0 saturated heterocycles. The molecule has 27 aromatic rings. The molecular formula is C120H94Cl2ILi3Mg2N16Zn. The molecule has 13 aromatic carbocycles. The van der Waals surface area contributed by atoms with Gasteiger partial charge in [-0.25, -0.2) is 0 Å². The Morgan fingerprint density at radius 1 is 0.297 bits per heavy atom. The predicted molar refractivity (Wildman–Crippen MR) is 583 cm³/mol. The van der Waals surface area contributed by atoms with Gasteiger partial charge in [-0.15, -0.1) is 167 Å². The molecule has 0 aliphatic rings. The molecule has 684 valence electrons. The second-order valence-electron chi connectivity index (χ2n) is 36.0. The van der Waals surface area contributed by atoms with Crippen LogP contribution in [0.15, 0.2) is 304 Å².